The number of allylic oxidation sites excluding steroid dienone is 1. The summed E-state index contributed by atoms with van der Waals surface area (Å²) in [7, 11) is 1.57. The number of ketones is 1. The van der Waals surface area contributed by atoms with E-state index in [1.807, 2.05) is 24.3 Å². The fourth-order valence-electron chi connectivity index (χ4n) is 4.78. The van der Waals surface area contributed by atoms with Crippen molar-refractivity contribution in [1.82, 2.24) is 0 Å². The second kappa shape index (κ2) is 8.88. The number of benzene rings is 2. The third-order valence-electron chi connectivity index (χ3n) is 6.35. The molecule has 1 aliphatic carbocycles. The molecule has 1 N–H and O–H groups in total. The van der Waals surface area contributed by atoms with E-state index < -0.39 is 18.1 Å². The first-order valence-electron chi connectivity index (χ1n) is 11.0. The lowest BCUT2D eigenvalue weighted by Crippen LogP contribution is -2.45. The van der Waals surface area contributed by atoms with E-state index in [2.05, 4.69) is 5.32 Å². The summed E-state index contributed by atoms with van der Waals surface area (Å²) >= 11 is 1.21. The molecule has 0 fully saturated rings. The van der Waals surface area contributed by atoms with Crippen LogP contribution in [0.5, 0.6) is 5.75 Å². The van der Waals surface area contributed by atoms with Crippen LogP contribution in [0.3, 0.4) is 0 Å². The molecule has 2 heterocycles. The number of carbonyl (C=O) groups excluding carboxylic acids is 2. The van der Waals surface area contributed by atoms with Crippen molar-refractivity contribution >= 4 is 34.4 Å². The third-order valence-corrected chi connectivity index (χ3v) is 7.27. The van der Waals surface area contributed by atoms with Gasteiger partial charge < -0.3 is 10.1 Å². The Hall–Kier alpha value is -3.59. The van der Waals surface area contributed by atoms with Crippen LogP contribution in [-0.4, -0.2) is 25.0 Å². The lowest BCUT2D eigenvalue weighted by Gasteiger charge is -2.34. The number of methoxy groups -OCH3 is 1. The van der Waals surface area contributed by atoms with E-state index in [1.54, 1.807) is 42.8 Å². The Morgan fingerprint density at radius 3 is 2.46 bits per heavy atom. The van der Waals surface area contributed by atoms with E-state index >= 15 is 0 Å². The summed E-state index contributed by atoms with van der Waals surface area (Å²) in [6.07, 6.45) is -4.58. The summed E-state index contributed by atoms with van der Waals surface area (Å²) < 4.78 is 46.7. The number of amides is 1. The fraction of sp³-hybridized carbons (Fsp3) is 0.231. The van der Waals surface area contributed by atoms with E-state index in [0.717, 1.165) is 10.5 Å². The maximum absolute atomic E-state index is 13.8. The largest absolute Gasteiger partial charge is 0.497 e. The number of nitrogens with zero attached hydrogens (tertiary/aromatic N) is 1. The predicted molar refractivity (Wildman–Crippen MR) is 128 cm³/mol. The molecule has 5 rings (SSSR count). The van der Waals surface area contributed by atoms with E-state index in [-0.39, 0.29) is 29.4 Å². The van der Waals surface area contributed by atoms with Crippen LogP contribution in [0.4, 0.5) is 24.5 Å². The molecule has 0 spiro atoms. The number of fused-ring (bicyclic) bond motifs is 1. The van der Waals surface area contributed by atoms with Crippen LogP contribution in [0.25, 0.3) is 0 Å². The molecular weight excluding hydrogens is 477 g/mol. The first kappa shape index (κ1) is 23.2. The third kappa shape index (κ3) is 4.20. The number of alkyl halides is 3. The predicted octanol–water partition coefficient (Wildman–Crippen LogP) is 6.22. The van der Waals surface area contributed by atoms with E-state index in [4.69, 9.17) is 4.74 Å². The second-order valence-corrected chi connectivity index (χ2v) is 9.41. The van der Waals surface area contributed by atoms with Crippen molar-refractivity contribution in [2.24, 2.45) is 0 Å². The summed E-state index contributed by atoms with van der Waals surface area (Å²) in [5, 5.41) is 4.95. The highest BCUT2D eigenvalue weighted by Gasteiger charge is 2.50. The number of rotatable bonds is 3. The quantitative estimate of drug-likeness (QED) is 0.466. The lowest BCUT2D eigenvalue weighted by atomic mass is 9.79. The van der Waals surface area contributed by atoms with Gasteiger partial charge in [0.15, 0.2) is 5.78 Å². The van der Waals surface area contributed by atoms with Crippen molar-refractivity contribution in [2.75, 3.05) is 17.3 Å². The highest BCUT2D eigenvalue weighted by Crippen LogP contribution is 2.49. The summed E-state index contributed by atoms with van der Waals surface area (Å²) in [6, 6.07) is 15.9. The molecule has 0 radical (unpaired) electrons. The molecule has 1 amide bonds. The molecule has 0 saturated carbocycles. The Kier molecular flexibility index (Phi) is 5.88. The standard InChI is InChI=1S/C26H21F3N2O3S/c1-34-17-10-8-15(9-11-17)16-13-19-23(21(32)14-16)24(22-7-4-12-35-22)31(25(33)26(27,28)29)20-6-3-2-5-18(20)30-19/h2-12,16,24,30H,13-14H2,1H3. The Morgan fingerprint density at radius 1 is 1.06 bits per heavy atom. The van der Waals surface area contributed by atoms with Crippen LogP contribution in [-0.2, 0) is 9.59 Å². The topological polar surface area (TPSA) is 58.6 Å². The molecule has 2 atom stereocenters. The number of hydrogen-bond donors (Lipinski definition) is 1. The smallest absolute Gasteiger partial charge is 0.471 e. The van der Waals surface area contributed by atoms with E-state index in [9.17, 15) is 22.8 Å². The average molecular weight is 499 g/mol. The number of Topliss-reactive ketones (excluding diaryl/α,β-unsaturated/α-hetero) is 1. The zero-order valence-electron chi connectivity index (χ0n) is 18.6. The normalized spacial score (nSPS) is 20.0. The maximum atomic E-state index is 13.8. The van der Waals surface area contributed by atoms with Gasteiger partial charge in [0.05, 0.1) is 18.5 Å². The molecule has 0 saturated heterocycles. The molecule has 35 heavy (non-hydrogen) atoms. The molecule has 5 nitrogen and oxygen atoms in total. The average Bonchev–Trinajstić information content (AvgIpc) is 3.32. The zero-order valence-corrected chi connectivity index (χ0v) is 19.5. The van der Waals surface area contributed by atoms with Crippen molar-refractivity contribution in [3.63, 3.8) is 0 Å². The molecular formula is C26H21F3N2O3S. The van der Waals surface area contributed by atoms with Crippen molar-refractivity contribution in [2.45, 2.75) is 31.0 Å². The number of thiophene rings is 1. The summed E-state index contributed by atoms with van der Waals surface area (Å²) in [4.78, 5) is 27.6. The van der Waals surface area contributed by atoms with Gasteiger partial charge in [0.2, 0.25) is 0 Å². The Morgan fingerprint density at radius 2 is 1.80 bits per heavy atom. The molecule has 2 unspecified atom stereocenters. The van der Waals surface area contributed by atoms with Crippen molar-refractivity contribution in [3.05, 3.63) is 87.8 Å². The highest BCUT2D eigenvalue weighted by atomic mass is 32.1. The Bertz CT molecular complexity index is 1300. The molecule has 1 aromatic heterocycles. The van der Waals surface area contributed by atoms with Crippen LogP contribution < -0.4 is 15.0 Å². The first-order chi connectivity index (χ1) is 16.8. The number of carbonyl (C=O) groups is 2. The first-order valence-corrected chi connectivity index (χ1v) is 11.9. The van der Waals surface area contributed by atoms with Crippen LogP contribution in [0.1, 0.15) is 35.2 Å². The van der Waals surface area contributed by atoms with E-state index in [1.165, 1.54) is 17.4 Å². The fourth-order valence-corrected chi connectivity index (χ4v) is 5.60. The van der Waals surface area contributed by atoms with Crippen LogP contribution in [0.2, 0.25) is 0 Å². The van der Waals surface area contributed by atoms with Crippen molar-refractivity contribution < 1.29 is 27.5 Å². The maximum Gasteiger partial charge on any atom is 0.471 e. The zero-order chi connectivity index (χ0) is 24.7. The molecule has 9 heteroatoms. The molecule has 3 aromatic rings. The SMILES string of the molecule is COc1ccc(C2CC(=O)C3=C(C2)Nc2ccccc2N(C(=O)C(F)(F)F)C3c2cccs2)cc1. The molecule has 0 bridgehead atoms. The molecule has 1 aliphatic heterocycles. The van der Waals surface area contributed by atoms with Crippen molar-refractivity contribution in [3.8, 4) is 5.75 Å². The number of anilines is 2. The molecule has 2 aromatic carbocycles. The Balaban J connectivity index is 1.67. The number of hydrogen-bond acceptors (Lipinski definition) is 5. The van der Waals surface area contributed by atoms with Gasteiger partial charge in [-0.1, -0.05) is 30.3 Å². The number of ether oxygens (including phenoxy) is 1. The van der Waals surface area contributed by atoms with Gasteiger partial charge in [0, 0.05) is 22.6 Å². The summed E-state index contributed by atoms with van der Waals surface area (Å²) in [6.45, 7) is 0. The van der Waals surface area contributed by atoms with Gasteiger partial charge in [-0.15, -0.1) is 11.3 Å². The van der Waals surface area contributed by atoms with Crippen molar-refractivity contribution in [1.29, 1.82) is 0 Å². The van der Waals surface area contributed by atoms with Gasteiger partial charge in [0.1, 0.15) is 11.8 Å². The lowest BCUT2D eigenvalue weighted by molar-refractivity contribution is -0.170. The Labute approximate surface area is 203 Å². The van der Waals surface area contributed by atoms with Crippen LogP contribution in [0, 0.1) is 0 Å². The van der Waals surface area contributed by atoms with Crippen LogP contribution >= 0.6 is 11.3 Å². The summed E-state index contributed by atoms with van der Waals surface area (Å²) in [5.74, 6) is -1.77. The molecule has 180 valence electrons. The van der Waals surface area contributed by atoms with Gasteiger partial charge in [-0.3, -0.25) is 14.5 Å². The monoisotopic (exact) mass is 498 g/mol. The highest BCUT2D eigenvalue weighted by molar-refractivity contribution is 7.10. The van der Waals surface area contributed by atoms with Gasteiger partial charge in [-0.2, -0.15) is 13.2 Å². The number of halogens is 3. The van der Waals surface area contributed by atoms with E-state index in [0.29, 0.717) is 28.4 Å². The van der Waals surface area contributed by atoms with Gasteiger partial charge in [-0.05, 0) is 53.6 Å². The number of nitrogens with one attached hydrogen (secondary N) is 1. The van der Waals surface area contributed by atoms with Gasteiger partial charge in [0.25, 0.3) is 0 Å². The summed E-state index contributed by atoms with van der Waals surface area (Å²) in [5.41, 5.74) is 2.09. The minimum absolute atomic E-state index is 0.0800. The number of para-hydroxylation sites is 2. The minimum Gasteiger partial charge on any atom is -0.497 e. The second-order valence-electron chi connectivity index (χ2n) is 8.43. The minimum atomic E-state index is -5.11. The molecule has 2 aliphatic rings. The van der Waals surface area contributed by atoms with Gasteiger partial charge in [-0.25, -0.2) is 0 Å². The van der Waals surface area contributed by atoms with Gasteiger partial charge >= 0.3 is 12.1 Å². The van der Waals surface area contributed by atoms with Crippen LogP contribution in [0.15, 0.2) is 77.3 Å².